The van der Waals surface area contributed by atoms with Crippen LogP contribution in [0.25, 0.3) is 11.4 Å². The van der Waals surface area contributed by atoms with Crippen molar-refractivity contribution in [1.82, 2.24) is 20.2 Å². The summed E-state index contributed by atoms with van der Waals surface area (Å²) in [5, 5.41) is 11.2. The van der Waals surface area contributed by atoms with Gasteiger partial charge in [0.25, 0.3) is 0 Å². The highest BCUT2D eigenvalue weighted by Gasteiger charge is 2.09. The second-order valence-electron chi connectivity index (χ2n) is 2.84. The Balaban J connectivity index is 2.52. The van der Waals surface area contributed by atoms with Crippen LogP contribution in [0.2, 0.25) is 0 Å². The second kappa shape index (κ2) is 3.06. The molecule has 0 spiro atoms. The first-order chi connectivity index (χ1) is 6.66. The number of hydrogen-bond donors (Lipinski definition) is 1. The van der Waals surface area contributed by atoms with Crippen molar-refractivity contribution in [3.8, 4) is 11.4 Å². The quantitative estimate of drug-likeness (QED) is 0.673. The molecule has 0 aliphatic rings. The van der Waals surface area contributed by atoms with Crippen molar-refractivity contribution in [2.24, 2.45) is 7.05 Å². The first-order valence-corrected chi connectivity index (χ1v) is 3.96. The van der Waals surface area contributed by atoms with Gasteiger partial charge in [-0.1, -0.05) is 0 Å². The van der Waals surface area contributed by atoms with Crippen LogP contribution in [0.1, 0.15) is 0 Å². The summed E-state index contributed by atoms with van der Waals surface area (Å²) in [6.07, 6.45) is 0. The number of nitrogens with zero attached hydrogens (tertiary/aromatic N) is 4. The molecule has 0 unspecified atom stereocenters. The lowest BCUT2D eigenvalue weighted by molar-refractivity contribution is 0.626. The van der Waals surface area contributed by atoms with Crippen molar-refractivity contribution in [2.45, 2.75) is 0 Å². The molecule has 2 rings (SSSR count). The molecule has 0 saturated carbocycles. The van der Waals surface area contributed by atoms with Crippen LogP contribution in [0.4, 0.5) is 10.1 Å². The first-order valence-electron chi connectivity index (χ1n) is 3.96. The third kappa shape index (κ3) is 1.41. The van der Waals surface area contributed by atoms with E-state index >= 15 is 0 Å². The topological polar surface area (TPSA) is 69.6 Å². The van der Waals surface area contributed by atoms with Crippen LogP contribution in [0.3, 0.4) is 0 Å². The summed E-state index contributed by atoms with van der Waals surface area (Å²) < 4.78 is 13.3. The highest BCUT2D eigenvalue weighted by atomic mass is 19.1. The second-order valence-corrected chi connectivity index (χ2v) is 2.84. The zero-order valence-electron chi connectivity index (χ0n) is 7.48. The summed E-state index contributed by atoms with van der Waals surface area (Å²) in [5.74, 6) is -0.192. The van der Waals surface area contributed by atoms with Crippen molar-refractivity contribution in [3.05, 3.63) is 24.0 Å². The van der Waals surface area contributed by atoms with Gasteiger partial charge in [0.05, 0.1) is 12.6 Å². The summed E-state index contributed by atoms with van der Waals surface area (Å²) in [4.78, 5) is 1.27. The van der Waals surface area contributed by atoms with E-state index in [1.165, 1.54) is 16.9 Å². The van der Waals surface area contributed by atoms with E-state index < -0.39 is 5.82 Å². The third-order valence-corrected chi connectivity index (χ3v) is 1.74. The van der Waals surface area contributed by atoms with E-state index in [1.807, 2.05) is 0 Å². The molecule has 2 N–H and O–H groups in total. The van der Waals surface area contributed by atoms with E-state index in [0.717, 1.165) is 0 Å². The molecular weight excluding hydrogens is 185 g/mol. The van der Waals surface area contributed by atoms with Gasteiger partial charge in [-0.05, 0) is 23.4 Å². The van der Waals surface area contributed by atoms with Crippen LogP contribution < -0.4 is 5.73 Å². The first kappa shape index (κ1) is 8.61. The van der Waals surface area contributed by atoms with Crippen molar-refractivity contribution >= 4 is 5.69 Å². The smallest absolute Gasteiger partial charge is 0.207 e. The molecule has 0 fully saturated rings. The average molecular weight is 193 g/mol. The molecule has 1 aromatic heterocycles. The predicted octanol–water partition coefficient (Wildman–Crippen LogP) is 0.598. The van der Waals surface area contributed by atoms with E-state index in [2.05, 4.69) is 15.4 Å². The number of hydrogen-bond acceptors (Lipinski definition) is 4. The average Bonchev–Trinajstić information content (AvgIpc) is 2.51. The molecular formula is C8H8FN5. The molecule has 14 heavy (non-hydrogen) atoms. The van der Waals surface area contributed by atoms with E-state index in [0.29, 0.717) is 11.3 Å². The van der Waals surface area contributed by atoms with Gasteiger partial charge < -0.3 is 5.73 Å². The Bertz CT molecular complexity index is 465. The Morgan fingerprint density at radius 1 is 1.43 bits per heavy atom. The van der Waals surface area contributed by atoms with Crippen molar-refractivity contribution < 1.29 is 4.39 Å². The molecule has 6 heteroatoms. The number of benzene rings is 1. The van der Waals surface area contributed by atoms with Gasteiger partial charge in [-0.2, -0.15) is 4.80 Å². The van der Waals surface area contributed by atoms with Gasteiger partial charge in [-0.3, -0.25) is 0 Å². The zero-order chi connectivity index (χ0) is 10.1. The number of tetrazole rings is 1. The Kier molecular flexibility index (Phi) is 1.88. The van der Waals surface area contributed by atoms with Gasteiger partial charge in [0, 0.05) is 5.69 Å². The van der Waals surface area contributed by atoms with Crippen LogP contribution in [-0.4, -0.2) is 20.2 Å². The minimum absolute atomic E-state index is 0.255. The lowest BCUT2D eigenvalue weighted by Gasteiger charge is -1.98. The highest BCUT2D eigenvalue weighted by Crippen LogP contribution is 2.19. The predicted molar refractivity (Wildman–Crippen MR) is 48.6 cm³/mol. The summed E-state index contributed by atoms with van der Waals surface area (Å²) in [6.45, 7) is 0. The molecule has 2 aromatic rings. The van der Waals surface area contributed by atoms with Crippen LogP contribution in [0.15, 0.2) is 18.2 Å². The maximum Gasteiger partial charge on any atom is 0.207 e. The fraction of sp³-hybridized carbons (Fsp3) is 0.125. The number of nitrogens with two attached hydrogens (primary N) is 1. The van der Waals surface area contributed by atoms with Gasteiger partial charge in [0.15, 0.2) is 0 Å². The molecule has 0 aliphatic heterocycles. The highest BCUT2D eigenvalue weighted by molar-refractivity contribution is 5.58. The molecule has 0 amide bonds. The fourth-order valence-corrected chi connectivity index (χ4v) is 1.10. The van der Waals surface area contributed by atoms with Gasteiger partial charge >= 0.3 is 0 Å². The SMILES string of the molecule is Cn1nnc(-c2ccc(N)cc2F)n1. The monoisotopic (exact) mass is 193 g/mol. The molecule has 0 saturated heterocycles. The summed E-state index contributed by atoms with van der Waals surface area (Å²) in [7, 11) is 1.62. The Labute approximate surface area is 79.3 Å². The molecule has 1 heterocycles. The Hall–Kier alpha value is -1.98. The van der Waals surface area contributed by atoms with Crippen LogP contribution in [-0.2, 0) is 7.05 Å². The molecule has 0 aliphatic carbocycles. The molecule has 0 atom stereocenters. The van der Waals surface area contributed by atoms with Crippen LogP contribution in [0.5, 0.6) is 0 Å². The van der Waals surface area contributed by atoms with Gasteiger partial charge in [-0.15, -0.1) is 10.2 Å². The molecule has 1 aromatic carbocycles. The number of rotatable bonds is 1. The summed E-state index contributed by atoms with van der Waals surface area (Å²) >= 11 is 0. The van der Waals surface area contributed by atoms with Gasteiger partial charge in [-0.25, -0.2) is 4.39 Å². The zero-order valence-corrected chi connectivity index (χ0v) is 7.48. The largest absolute Gasteiger partial charge is 0.399 e. The van der Waals surface area contributed by atoms with E-state index in [4.69, 9.17) is 5.73 Å². The third-order valence-electron chi connectivity index (χ3n) is 1.74. The lowest BCUT2D eigenvalue weighted by Crippen LogP contribution is -1.93. The Morgan fingerprint density at radius 2 is 2.21 bits per heavy atom. The maximum atomic E-state index is 13.3. The standard InChI is InChI=1S/C8H8FN5/c1-14-12-8(11-13-14)6-3-2-5(10)4-7(6)9/h2-4H,10H2,1H3. The van der Waals surface area contributed by atoms with Crippen LogP contribution in [0, 0.1) is 5.82 Å². The van der Waals surface area contributed by atoms with E-state index in [9.17, 15) is 4.39 Å². The number of aromatic nitrogens is 4. The molecule has 5 nitrogen and oxygen atoms in total. The number of halogens is 1. The molecule has 0 bridgehead atoms. The van der Waals surface area contributed by atoms with Gasteiger partial charge in [0.2, 0.25) is 5.82 Å². The number of aryl methyl sites for hydroxylation is 1. The Morgan fingerprint density at radius 3 is 2.79 bits per heavy atom. The lowest BCUT2D eigenvalue weighted by atomic mass is 10.2. The van der Waals surface area contributed by atoms with Crippen molar-refractivity contribution in [3.63, 3.8) is 0 Å². The van der Waals surface area contributed by atoms with E-state index in [1.54, 1.807) is 13.1 Å². The molecule has 72 valence electrons. The summed E-state index contributed by atoms with van der Waals surface area (Å²) in [6, 6.07) is 4.35. The summed E-state index contributed by atoms with van der Waals surface area (Å²) in [5.41, 5.74) is 6.08. The molecule has 0 radical (unpaired) electrons. The van der Waals surface area contributed by atoms with Crippen LogP contribution >= 0.6 is 0 Å². The van der Waals surface area contributed by atoms with Crippen molar-refractivity contribution in [1.29, 1.82) is 0 Å². The maximum absolute atomic E-state index is 13.3. The number of anilines is 1. The van der Waals surface area contributed by atoms with E-state index in [-0.39, 0.29) is 5.82 Å². The minimum Gasteiger partial charge on any atom is -0.399 e. The minimum atomic E-state index is -0.446. The van der Waals surface area contributed by atoms with Crippen molar-refractivity contribution in [2.75, 3.05) is 5.73 Å². The number of nitrogen functional groups attached to an aromatic ring is 1. The van der Waals surface area contributed by atoms with Gasteiger partial charge in [0.1, 0.15) is 5.82 Å². The fourth-order valence-electron chi connectivity index (χ4n) is 1.10. The normalized spacial score (nSPS) is 10.4.